The van der Waals surface area contributed by atoms with Crippen molar-refractivity contribution in [3.63, 3.8) is 0 Å². The van der Waals surface area contributed by atoms with Crippen LogP contribution in [0.4, 0.5) is 0 Å². The first-order chi connectivity index (χ1) is 15.3. The van der Waals surface area contributed by atoms with Gasteiger partial charge in [0.15, 0.2) is 0 Å². The van der Waals surface area contributed by atoms with Gasteiger partial charge in [0.1, 0.15) is 0 Å². The highest BCUT2D eigenvalue weighted by atomic mass is 28.4. The van der Waals surface area contributed by atoms with Gasteiger partial charge >= 0.3 is 8.80 Å². The van der Waals surface area contributed by atoms with Gasteiger partial charge in [-0.15, -0.1) is 0 Å². The molecule has 0 aromatic heterocycles. The van der Waals surface area contributed by atoms with E-state index in [9.17, 15) is 0 Å². The number of hydrogen-bond acceptors (Lipinski definition) is 3. The Morgan fingerprint density at radius 2 is 0.719 bits per heavy atom. The van der Waals surface area contributed by atoms with E-state index in [2.05, 4.69) is 48.5 Å². The lowest BCUT2D eigenvalue weighted by Crippen LogP contribution is -2.48. The monoisotopic (exact) mass is 472 g/mol. The minimum absolute atomic E-state index is 0.503. The molecule has 0 aromatic rings. The molecule has 0 saturated heterocycles. The molecule has 32 heavy (non-hydrogen) atoms. The normalized spacial score (nSPS) is 12.6. The van der Waals surface area contributed by atoms with Crippen LogP contribution in [0, 0.1) is 17.8 Å². The highest BCUT2D eigenvalue weighted by Gasteiger charge is 2.41. The third-order valence-electron chi connectivity index (χ3n) is 5.75. The summed E-state index contributed by atoms with van der Waals surface area (Å²) in [5.74, 6) is 1.51. The Hall–Kier alpha value is 0.0969. The minimum Gasteiger partial charge on any atom is -0.373 e. The smallest absolute Gasteiger partial charge is 0.373 e. The molecule has 0 N–H and O–H groups in total. The summed E-state index contributed by atoms with van der Waals surface area (Å²) >= 11 is 0. The Morgan fingerprint density at radius 3 is 1.00 bits per heavy atom. The van der Waals surface area contributed by atoms with E-state index in [1.165, 1.54) is 83.5 Å². The maximum atomic E-state index is 6.40. The maximum absolute atomic E-state index is 6.40. The van der Waals surface area contributed by atoms with Gasteiger partial charge in [0, 0.05) is 25.9 Å². The summed E-state index contributed by atoms with van der Waals surface area (Å²) in [4.78, 5) is 0. The molecule has 194 valence electrons. The van der Waals surface area contributed by atoms with E-state index in [0.29, 0.717) is 17.8 Å². The molecule has 0 bridgehead atoms. The van der Waals surface area contributed by atoms with Crippen molar-refractivity contribution in [2.75, 3.05) is 19.8 Å². The summed E-state index contributed by atoms with van der Waals surface area (Å²) in [5, 5.41) is 0. The summed E-state index contributed by atoms with van der Waals surface area (Å²) in [7, 11) is -2.59. The second kappa shape index (κ2) is 21.6. The fourth-order valence-electron chi connectivity index (χ4n) is 3.76. The van der Waals surface area contributed by atoms with Crippen LogP contribution in [0.3, 0.4) is 0 Å². The molecule has 0 atom stereocenters. The molecular formula is C28H60O3Si. The zero-order chi connectivity index (χ0) is 24.1. The van der Waals surface area contributed by atoms with Crippen molar-refractivity contribution in [1.82, 2.24) is 0 Å². The number of rotatable bonds is 24. The van der Waals surface area contributed by atoms with E-state index in [1.54, 1.807) is 0 Å². The second-order valence-corrected chi connectivity index (χ2v) is 13.9. The zero-order valence-electron chi connectivity index (χ0n) is 23.2. The molecule has 0 aliphatic heterocycles. The molecular weight excluding hydrogens is 412 g/mol. The fraction of sp³-hybridized carbons (Fsp3) is 1.00. The van der Waals surface area contributed by atoms with E-state index in [0.717, 1.165) is 32.3 Å². The average Bonchev–Trinajstić information content (AvgIpc) is 2.74. The first-order valence-corrected chi connectivity index (χ1v) is 16.2. The number of hydrogen-bond donors (Lipinski definition) is 0. The van der Waals surface area contributed by atoms with E-state index < -0.39 is 8.80 Å². The molecule has 0 aromatic carbocycles. The van der Waals surface area contributed by atoms with Crippen molar-refractivity contribution in [2.24, 2.45) is 17.8 Å². The molecule has 0 rings (SSSR count). The average molecular weight is 473 g/mol. The first-order valence-electron chi connectivity index (χ1n) is 14.2. The fourth-order valence-corrected chi connectivity index (χ4v) is 6.89. The molecule has 0 saturated carbocycles. The van der Waals surface area contributed by atoms with Gasteiger partial charge in [0.25, 0.3) is 0 Å². The molecule has 0 radical (unpaired) electrons. The van der Waals surface area contributed by atoms with E-state index in [4.69, 9.17) is 13.3 Å². The van der Waals surface area contributed by atoms with Crippen molar-refractivity contribution < 1.29 is 13.3 Å². The van der Waals surface area contributed by atoms with Gasteiger partial charge in [-0.1, -0.05) is 132 Å². The molecule has 0 spiro atoms. The molecule has 0 aliphatic rings. The molecule has 4 heteroatoms. The standard InChI is InChI=1S/C28H60O3Si/c1-8-9-10-11-12-13-14-15-16-17-18-19-20-21-22-32(29-23-26(2)3,30-24-27(4)5)31-25-28(6)7/h26-28H,8-25H2,1-7H3. The summed E-state index contributed by atoms with van der Waals surface area (Å²) in [6.45, 7) is 17.7. The van der Waals surface area contributed by atoms with Crippen LogP contribution in [0.2, 0.25) is 6.04 Å². The highest BCUT2D eigenvalue weighted by molar-refractivity contribution is 6.60. The Morgan fingerprint density at radius 1 is 0.438 bits per heavy atom. The van der Waals surface area contributed by atoms with Crippen LogP contribution < -0.4 is 0 Å². The predicted octanol–water partition coefficient (Wildman–Crippen LogP) is 9.42. The molecule has 0 heterocycles. The van der Waals surface area contributed by atoms with Gasteiger partial charge in [-0.05, 0) is 24.2 Å². The topological polar surface area (TPSA) is 27.7 Å². The van der Waals surface area contributed by atoms with Gasteiger partial charge < -0.3 is 13.3 Å². The molecule has 3 nitrogen and oxygen atoms in total. The van der Waals surface area contributed by atoms with Gasteiger partial charge in [-0.25, -0.2) is 0 Å². The van der Waals surface area contributed by atoms with Crippen LogP contribution in [-0.4, -0.2) is 28.6 Å². The van der Waals surface area contributed by atoms with Crippen LogP contribution in [-0.2, 0) is 13.3 Å². The van der Waals surface area contributed by atoms with Crippen molar-refractivity contribution in [1.29, 1.82) is 0 Å². The first kappa shape index (κ1) is 32.1. The van der Waals surface area contributed by atoms with E-state index >= 15 is 0 Å². The summed E-state index contributed by atoms with van der Waals surface area (Å²) in [5.41, 5.74) is 0. The highest BCUT2D eigenvalue weighted by Crippen LogP contribution is 2.23. The van der Waals surface area contributed by atoms with Gasteiger partial charge in [0.2, 0.25) is 0 Å². The van der Waals surface area contributed by atoms with E-state index in [1.807, 2.05) is 0 Å². The lowest BCUT2D eigenvalue weighted by molar-refractivity contribution is 0.0362. The van der Waals surface area contributed by atoms with Crippen molar-refractivity contribution in [2.45, 2.75) is 144 Å². The summed E-state index contributed by atoms with van der Waals surface area (Å²) in [6.07, 6.45) is 19.4. The molecule has 0 fully saturated rings. The Labute approximate surface area is 204 Å². The maximum Gasteiger partial charge on any atom is 0.500 e. The minimum atomic E-state index is -2.59. The SMILES string of the molecule is CCCCCCCCCCCCCCCC[Si](OCC(C)C)(OCC(C)C)OCC(C)C. The van der Waals surface area contributed by atoms with Crippen LogP contribution in [0.1, 0.15) is 138 Å². The second-order valence-electron chi connectivity index (χ2n) is 11.1. The Kier molecular flexibility index (Phi) is 21.7. The molecule has 0 aliphatic carbocycles. The number of unbranched alkanes of at least 4 members (excludes halogenated alkanes) is 13. The Balaban J connectivity index is 4.11. The lowest BCUT2D eigenvalue weighted by Gasteiger charge is -2.32. The summed E-state index contributed by atoms with van der Waals surface area (Å²) in [6, 6.07) is 0.969. The van der Waals surface area contributed by atoms with E-state index in [-0.39, 0.29) is 0 Å². The van der Waals surface area contributed by atoms with Gasteiger partial charge in [-0.3, -0.25) is 0 Å². The van der Waals surface area contributed by atoms with Crippen molar-refractivity contribution in [3.8, 4) is 0 Å². The Bertz CT molecular complexity index is 354. The zero-order valence-corrected chi connectivity index (χ0v) is 24.2. The van der Waals surface area contributed by atoms with Crippen LogP contribution in [0.5, 0.6) is 0 Å². The molecule has 0 amide bonds. The summed E-state index contributed by atoms with van der Waals surface area (Å²) < 4.78 is 19.2. The van der Waals surface area contributed by atoms with Crippen molar-refractivity contribution >= 4 is 8.80 Å². The predicted molar refractivity (Wildman–Crippen MR) is 143 cm³/mol. The van der Waals surface area contributed by atoms with Gasteiger partial charge in [0.05, 0.1) is 0 Å². The molecule has 0 unspecified atom stereocenters. The van der Waals surface area contributed by atoms with Crippen LogP contribution >= 0.6 is 0 Å². The largest absolute Gasteiger partial charge is 0.500 e. The lowest BCUT2D eigenvalue weighted by atomic mass is 10.0. The van der Waals surface area contributed by atoms with Crippen LogP contribution in [0.25, 0.3) is 0 Å². The van der Waals surface area contributed by atoms with Crippen molar-refractivity contribution in [3.05, 3.63) is 0 Å². The third-order valence-corrected chi connectivity index (χ3v) is 8.53. The van der Waals surface area contributed by atoms with Gasteiger partial charge in [-0.2, -0.15) is 0 Å². The van der Waals surface area contributed by atoms with Crippen LogP contribution in [0.15, 0.2) is 0 Å². The third kappa shape index (κ3) is 20.7. The quantitative estimate of drug-likeness (QED) is 0.103.